The number of hydrogen-bond acceptors (Lipinski definition) is 0. The van der Waals surface area contributed by atoms with Crippen LogP contribution in [0.3, 0.4) is 0 Å². The first-order valence-electron chi connectivity index (χ1n) is 4.42. The molecule has 0 radical (unpaired) electrons. The molecular formula is C11H21Br3N+. The highest BCUT2D eigenvalue weighted by atomic mass is 79.9. The van der Waals surface area contributed by atoms with E-state index < -0.39 is 0 Å². The maximum Gasteiger partial charge on any atom is 0.0821 e. The molecule has 0 unspecified atom stereocenters. The summed E-state index contributed by atoms with van der Waals surface area (Å²) in [5.74, 6) is 0. The summed E-state index contributed by atoms with van der Waals surface area (Å²) in [6, 6.07) is 10.6. The lowest BCUT2D eigenvalue weighted by Gasteiger charge is -2.23. The quantitative estimate of drug-likeness (QED) is 0.672. The zero-order valence-electron chi connectivity index (χ0n) is 9.47. The van der Waals surface area contributed by atoms with Crippen LogP contribution >= 0.6 is 50.9 Å². The number of rotatable bonds is 3. The zero-order valence-corrected chi connectivity index (χ0v) is 14.6. The maximum absolute atomic E-state index is 2.23. The summed E-state index contributed by atoms with van der Waals surface area (Å²) in [6.07, 6.45) is 1.17. The molecule has 1 rings (SSSR count). The Bertz CT molecular complexity index is 231. The molecule has 0 aliphatic carbocycles. The van der Waals surface area contributed by atoms with Gasteiger partial charge in [-0.25, -0.2) is 0 Å². The summed E-state index contributed by atoms with van der Waals surface area (Å²) in [5.41, 5.74) is 1.44. The van der Waals surface area contributed by atoms with Crippen LogP contribution in [-0.2, 0) is 6.42 Å². The molecule has 0 spiro atoms. The fourth-order valence-electron chi connectivity index (χ4n) is 1.11. The molecule has 1 aromatic carbocycles. The SMILES string of the molecule is Br.Br.Br.C[N+](C)(C)CCc1ccccc1. The summed E-state index contributed by atoms with van der Waals surface area (Å²) in [7, 11) is 6.68. The van der Waals surface area contributed by atoms with Crippen LogP contribution in [-0.4, -0.2) is 32.2 Å². The molecule has 0 fully saturated rings. The third-order valence-electron chi connectivity index (χ3n) is 1.91. The van der Waals surface area contributed by atoms with Crippen molar-refractivity contribution in [1.82, 2.24) is 0 Å². The van der Waals surface area contributed by atoms with Gasteiger partial charge in [-0.3, -0.25) is 0 Å². The molecule has 0 atom stereocenters. The Labute approximate surface area is 125 Å². The number of quaternary nitrogens is 1. The summed E-state index contributed by atoms with van der Waals surface area (Å²) in [5, 5.41) is 0. The van der Waals surface area contributed by atoms with Crippen molar-refractivity contribution in [3.05, 3.63) is 35.9 Å². The maximum atomic E-state index is 2.23. The van der Waals surface area contributed by atoms with Crippen molar-refractivity contribution in [1.29, 1.82) is 0 Å². The standard InChI is InChI=1S/C11H18N.3BrH/c1-12(2,3)10-9-11-7-5-4-6-8-11;;;/h4-8H,9-10H2,1-3H3;3*1H/q+1;;;. The fourth-order valence-corrected chi connectivity index (χ4v) is 1.11. The van der Waals surface area contributed by atoms with E-state index in [-0.39, 0.29) is 50.9 Å². The van der Waals surface area contributed by atoms with E-state index in [2.05, 4.69) is 51.5 Å². The lowest BCUT2D eigenvalue weighted by Crippen LogP contribution is -2.36. The largest absolute Gasteiger partial charge is 0.331 e. The van der Waals surface area contributed by atoms with Gasteiger partial charge in [0.05, 0.1) is 27.7 Å². The second-order valence-corrected chi connectivity index (χ2v) is 4.25. The van der Waals surface area contributed by atoms with Crippen LogP contribution in [0.25, 0.3) is 0 Å². The Morgan fingerprint density at radius 3 is 1.73 bits per heavy atom. The highest BCUT2D eigenvalue weighted by molar-refractivity contribution is 8.93. The summed E-state index contributed by atoms with van der Waals surface area (Å²) in [4.78, 5) is 0. The minimum Gasteiger partial charge on any atom is -0.331 e. The topological polar surface area (TPSA) is 0 Å². The molecule has 1 nitrogen and oxygen atoms in total. The van der Waals surface area contributed by atoms with Crippen molar-refractivity contribution in [2.75, 3.05) is 27.7 Å². The molecule has 4 heteroatoms. The number of benzene rings is 1. The summed E-state index contributed by atoms with van der Waals surface area (Å²) in [6.45, 7) is 1.20. The number of likely N-dealkylation sites (N-methyl/N-ethyl adjacent to an activating group) is 1. The van der Waals surface area contributed by atoms with Crippen LogP contribution in [0.2, 0.25) is 0 Å². The second-order valence-electron chi connectivity index (χ2n) is 4.25. The first kappa shape index (κ1) is 21.0. The molecule has 0 bridgehead atoms. The minimum absolute atomic E-state index is 0. The Morgan fingerprint density at radius 1 is 0.867 bits per heavy atom. The smallest absolute Gasteiger partial charge is 0.0821 e. The van der Waals surface area contributed by atoms with Crippen LogP contribution in [0, 0.1) is 0 Å². The first-order valence-corrected chi connectivity index (χ1v) is 4.42. The van der Waals surface area contributed by atoms with Crippen molar-refractivity contribution < 1.29 is 4.48 Å². The number of nitrogens with zero attached hydrogens (tertiary/aromatic N) is 1. The Balaban J connectivity index is -0.000000480. The van der Waals surface area contributed by atoms with E-state index in [9.17, 15) is 0 Å². The molecular weight excluding hydrogens is 386 g/mol. The summed E-state index contributed by atoms with van der Waals surface area (Å²) < 4.78 is 1.04. The Morgan fingerprint density at radius 2 is 1.33 bits per heavy atom. The van der Waals surface area contributed by atoms with E-state index in [1.165, 1.54) is 18.5 Å². The molecule has 0 saturated heterocycles. The first-order chi connectivity index (χ1) is 5.58. The predicted molar refractivity (Wildman–Crippen MR) is 84.0 cm³/mol. The normalized spacial score (nSPS) is 9.27. The van der Waals surface area contributed by atoms with Gasteiger partial charge in [0.25, 0.3) is 0 Å². The van der Waals surface area contributed by atoms with Gasteiger partial charge in [0, 0.05) is 6.42 Å². The van der Waals surface area contributed by atoms with Crippen LogP contribution in [0.15, 0.2) is 30.3 Å². The monoisotopic (exact) mass is 404 g/mol. The Hall–Kier alpha value is 0.620. The van der Waals surface area contributed by atoms with E-state index in [0.717, 1.165) is 4.48 Å². The molecule has 15 heavy (non-hydrogen) atoms. The Kier molecular flexibility index (Phi) is 13.7. The molecule has 0 saturated carbocycles. The average molecular weight is 407 g/mol. The molecule has 0 aliphatic heterocycles. The lowest BCUT2D eigenvalue weighted by atomic mass is 10.1. The van der Waals surface area contributed by atoms with E-state index >= 15 is 0 Å². The van der Waals surface area contributed by atoms with Crippen molar-refractivity contribution >= 4 is 50.9 Å². The van der Waals surface area contributed by atoms with E-state index in [1.807, 2.05) is 0 Å². The van der Waals surface area contributed by atoms with Gasteiger partial charge < -0.3 is 4.48 Å². The zero-order chi connectivity index (χ0) is 9.03. The van der Waals surface area contributed by atoms with Crippen molar-refractivity contribution in [3.63, 3.8) is 0 Å². The van der Waals surface area contributed by atoms with Crippen LogP contribution in [0.1, 0.15) is 5.56 Å². The second kappa shape index (κ2) is 9.82. The van der Waals surface area contributed by atoms with Gasteiger partial charge in [0.2, 0.25) is 0 Å². The predicted octanol–water partition coefficient (Wildman–Crippen LogP) is 3.67. The van der Waals surface area contributed by atoms with Crippen LogP contribution in [0.5, 0.6) is 0 Å². The van der Waals surface area contributed by atoms with Gasteiger partial charge >= 0.3 is 0 Å². The van der Waals surface area contributed by atoms with Gasteiger partial charge in [-0.15, -0.1) is 50.9 Å². The average Bonchev–Trinajstić information content (AvgIpc) is 2.02. The van der Waals surface area contributed by atoms with E-state index in [4.69, 9.17) is 0 Å². The van der Waals surface area contributed by atoms with Crippen molar-refractivity contribution in [2.24, 2.45) is 0 Å². The molecule has 0 aliphatic rings. The number of halogens is 3. The van der Waals surface area contributed by atoms with Crippen LogP contribution < -0.4 is 0 Å². The molecule has 0 amide bonds. The molecule has 0 heterocycles. The van der Waals surface area contributed by atoms with Crippen LogP contribution in [0.4, 0.5) is 0 Å². The highest BCUT2D eigenvalue weighted by Crippen LogP contribution is 2.02. The van der Waals surface area contributed by atoms with Crippen molar-refractivity contribution in [2.45, 2.75) is 6.42 Å². The van der Waals surface area contributed by atoms with Gasteiger partial charge in [-0.1, -0.05) is 30.3 Å². The third-order valence-corrected chi connectivity index (χ3v) is 1.91. The van der Waals surface area contributed by atoms with Gasteiger partial charge in [0.15, 0.2) is 0 Å². The fraction of sp³-hybridized carbons (Fsp3) is 0.455. The van der Waals surface area contributed by atoms with Gasteiger partial charge in [-0.05, 0) is 5.56 Å². The molecule has 1 aromatic rings. The summed E-state index contributed by atoms with van der Waals surface area (Å²) >= 11 is 0. The van der Waals surface area contributed by atoms with Crippen molar-refractivity contribution in [3.8, 4) is 0 Å². The molecule has 90 valence electrons. The highest BCUT2D eigenvalue weighted by Gasteiger charge is 2.05. The number of hydrogen-bond donors (Lipinski definition) is 0. The lowest BCUT2D eigenvalue weighted by molar-refractivity contribution is -0.870. The molecule has 0 N–H and O–H groups in total. The third kappa shape index (κ3) is 10.9. The minimum atomic E-state index is 0. The van der Waals surface area contributed by atoms with E-state index in [0.29, 0.717) is 0 Å². The van der Waals surface area contributed by atoms with Gasteiger partial charge in [0.1, 0.15) is 0 Å². The molecule has 0 aromatic heterocycles. The van der Waals surface area contributed by atoms with E-state index in [1.54, 1.807) is 0 Å². The van der Waals surface area contributed by atoms with Gasteiger partial charge in [-0.2, -0.15) is 0 Å².